The van der Waals surface area contributed by atoms with E-state index in [9.17, 15) is 18.4 Å². The number of benzene rings is 4. The van der Waals surface area contributed by atoms with Crippen LogP contribution in [0.2, 0.25) is 0 Å². The molecule has 5 N–H and O–H groups in total. The van der Waals surface area contributed by atoms with Crippen LogP contribution in [0.1, 0.15) is 20.7 Å². The van der Waals surface area contributed by atoms with Crippen LogP contribution in [-0.4, -0.2) is 100 Å². The fourth-order valence-electron chi connectivity index (χ4n) is 5.64. The van der Waals surface area contributed by atoms with Gasteiger partial charge in [0.25, 0.3) is 0 Å². The average molecular weight is 1120 g/mol. The molecule has 0 atom stereocenters. The molecule has 0 aliphatic rings. The van der Waals surface area contributed by atoms with E-state index in [4.69, 9.17) is 61.8 Å². The topological polar surface area (TPSA) is 232 Å². The maximum absolute atomic E-state index is 14.4. The number of carboxylic acid groups (broad SMARTS) is 2. The molecule has 0 saturated carbocycles. The van der Waals surface area contributed by atoms with E-state index in [1.54, 1.807) is 36.4 Å². The Kier molecular flexibility index (Phi) is 18.7. The van der Waals surface area contributed by atoms with Gasteiger partial charge in [-0.15, -0.1) is 70.5 Å². The Morgan fingerprint density at radius 1 is 0.688 bits per heavy atom. The van der Waals surface area contributed by atoms with Crippen molar-refractivity contribution in [3.8, 4) is 56.9 Å². The van der Waals surface area contributed by atoms with Crippen molar-refractivity contribution in [2.24, 2.45) is 0 Å². The lowest BCUT2D eigenvalue weighted by atomic mass is 10.1. The van der Waals surface area contributed by atoms with Gasteiger partial charge in [-0.1, -0.05) is 34.6 Å². The lowest BCUT2D eigenvalue weighted by molar-refractivity contribution is 0.0686. The normalized spacial score (nSPS) is 10.6. The molecule has 0 bridgehead atoms. The number of aromatic nitrogens is 6. The third-order valence-electron chi connectivity index (χ3n) is 8.47. The second kappa shape index (κ2) is 24.1. The number of aliphatic hydroxyl groups is 1. The maximum atomic E-state index is 14.4. The summed E-state index contributed by atoms with van der Waals surface area (Å²) in [5.74, 6) is -2.36. The summed E-state index contributed by atoms with van der Waals surface area (Å²) in [6.45, 7) is 0.335. The molecule has 334 valence electrons. The first-order valence-electron chi connectivity index (χ1n) is 18.1. The monoisotopic (exact) mass is 1110 g/mol. The second-order valence-corrected chi connectivity index (χ2v) is 19.7. The molecule has 0 aliphatic carbocycles. The number of nitrogens with zero attached hydrogens (tertiary/aromatic N) is 4. The smallest absolute Gasteiger partial charge is 0.369 e. The van der Waals surface area contributed by atoms with Gasteiger partial charge < -0.3 is 38.6 Å². The third-order valence-corrected chi connectivity index (χ3v) is 8.47. The van der Waals surface area contributed by atoms with E-state index in [2.05, 4.69) is 78.0 Å². The minimum atomic E-state index is -1.01. The number of halogens is 7. The fourth-order valence-corrected chi connectivity index (χ4v) is 5.64. The van der Waals surface area contributed by atoms with E-state index < -0.39 is 23.6 Å². The van der Waals surface area contributed by atoms with Crippen molar-refractivity contribution in [2.45, 2.75) is 0 Å². The highest BCUT2D eigenvalue weighted by Gasteiger charge is 2.20. The van der Waals surface area contributed by atoms with E-state index in [1.165, 1.54) is 55.6 Å². The fraction of sp³-hybridized carbons (Fsp3) is 0.150. The van der Waals surface area contributed by atoms with Crippen molar-refractivity contribution in [2.75, 3.05) is 38.9 Å². The summed E-state index contributed by atoms with van der Waals surface area (Å²) in [6, 6.07) is 21.3. The van der Waals surface area contributed by atoms with Crippen LogP contribution in [0.5, 0.6) is 11.5 Å². The number of rotatable bonds is 13. The highest BCUT2D eigenvalue weighted by Crippen LogP contribution is 2.35. The molecule has 0 radical (unpaired) electrons. The first-order chi connectivity index (χ1) is 30.8. The highest BCUT2D eigenvalue weighted by molar-refractivity contribution is 9.69. The highest BCUT2D eigenvalue weighted by atomic mass is 79.9. The van der Waals surface area contributed by atoms with Crippen LogP contribution >= 0.6 is 70.5 Å². The lowest BCUT2D eigenvalue weighted by Gasteiger charge is -2.06. The standard InChI is InChI=1S/C20H16FN3O5.C19H14FN3O5.CH2Cl2.BBr3/c1-27-6-7-28-17-10-16-13(8-14(17)21)19(23-22-16)18-9-15(24-29-18)11-2-4-12(5-3-11)20(25)26;20-13-7-12-15(9-16(13)27-6-5-24)21-22-18(12)17-8-14(23-28-17)10-1-3-11(4-2-10)19(25)26;2-1-3;2-1(3)4/h2-5,8-10H,6-7H2,1H3,(H,22,23)(H,25,26);1-4,7-9,24H,5-6H2,(H,21,22)(H,25,26);1H2;. The number of methoxy groups -OCH3 is 1. The molecule has 24 heteroatoms. The number of aliphatic hydroxyl groups excluding tert-OH is 1. The summed E-state index contributed by atoms with van der Waals surface area (Å²) < 4.78 is 55.0. The number of hydrogen-bond acceptors (Lipinski definition) is 12. The number of fused-ring (bicyclic) bond motifs is 2. The van der Waals surface area contributed by atoms with Crippen LogP contribution in [0.4, 0.5) is 8.78 Å². The predicted molar refractivity (Wildman–Crippen MR) is 247 cm³/mol. The van der Waals surface area contributed by atoms with Gasteiger partial charge in [0, 0.05) is 53.3 Å². The number of aromatic carboxylic acids is 2. The van der Waals surface area contributed by atoms with E-state index in [0.717, 1.165) is 0 Å². The minimum Gasteiger partial charge on any atom is -0.488 e. The van der Waals surface area contributed by atoms with Crippen LogP contribution in [-0.2, 0) is 4.74 Å². The molecule has 4 heterocycles. The minimum absolute atomic E-state index is 0.00790. The zero-order valence-corrected chi connectivity index (χ0v) is 39.1. The van der Waals surface area contributed by atoms with Crippen molar-refractivity contribution < 1.29 is 56.9 Å². The first kappa shape index (κ1) is 49.7. The Balaban J connectivity index is 0.000000211. The number of H-pyrrole nitrogens is 2. The predicted octanol–water partition coefficient (Wildman–Crippen LogP) is 10.4. The Labute approximate surface area is 396 Å². The van der Waals surface area contributed by atoms with Crippen molar-refractivity contribution in [3.05, 3.63) is 108 Å². The number of hydrogen-bond donors (Lipinski definition) is 5. The van der Waals surface area contributed by atoms with Gasteiger partial charge in [-0.3, -0.25) is 10.2 Å². The summed E-state index contributed by atoms with van der Waals surface area (Å²) in [4.78, 5) is 21.9. The molecule has 0 saturated heterocycles. The molecule has 16 nitrogen and oxygen atoms in total. The van der Waals surface area contributed by atoms with E-state index in [0.29, 0.717) is 73.8 Å². The Bertz CT molecular complexity index is 2790. The van der Waals surface area contributed by atoms with Gasteiger partial charge >= 0.3 is 15.1 Å². The van der Waals surface area contributed by atoms with Crippen LogP contribution in [0.25, 0.3) is 67.2 Å². The summed E-state index contributed by atoms with van der Waals surface area (Å²) in [6.07, 6.45) is 0. The molecular weight excluding hydrogens is 1080 g/mol. The molecule has 8 aromatic rings. The summed E-state index contributed by atoms with van der Waals surface area (Å²) in [5.41, 5.74) is 4.60. The van der Waals surface area contributed by atoms with Crippen LogP contribution < -0.4 is 9.47 Å². The molecule has 64 heavy (non-hydrogen) atoms. The van der Waals surface area contributed by atoms with Crippen LogP contribution in [0.3, 0.4) is 0 Å². The summed E-state index contributed by atoms with van der Waals surface area (Å²) in [7, 11) is 1.54. The SMILES string of the molecule is BrB(Br)Br.COCCOc1cc2[nH]nc(-c3cc(-c4ccc(C(=O)O)cc4)no3)c2cc1F.ClCCl.O=C(O)c1ccc(-c2cc(-c3n[nH]c4cc(OCCO)c(F)cc34)on2)cc1. The number of nitrogens with one attached hydrogen (secondary N) is 2. The molecule has 8 rings (SSSR count). The van der Waals surface area contributed by atoms with Crippen molar-refractivity contribution in [1.29, 1.82) is 0 Å². The zero-order chi connectivity index (χ0) is 46.3. The molecule has 4 aromatic heterocycles. The molecule has 0 fully saturated rings. The zero-order valence-electron chi connectivity index (χ0n) is 32.8. The van der Waals surface area contributed by atoms with Crippen LogP contribution in [0, 0.1) is 11.6 Å². The number of aromatic amines is 2. The molecule has 0 aliphatic heterocycles. The van der Waals surface area contributed by atoms with Crippen molar-refractivity contribution in [3.63, 3.8) is 0 Å². The van der Waals surface area contributed by atoms with Gasteiger partial charge in [0.05, 0.1) is 40.7 Å². The van der Waals surface area contributed by atoms with Gasteiger partial charge in [0.2, 0.25) is 0 Å². The van der Waals surface area contributed by atoms with Gasteiger partial charge in [-0.25, -0.2) is 18.4 Å². The van der Waals surface area contributed by atoms with Crippen molar-refractivity contribution in [1.82, 2.24) is 30.7 Å². The van der Waals surface area contributed by atoms with Gasteiger partial charge in [0.15, 0.2) is 34.7 Å². The van der Waals surface area contributed by atoms with Crippen molar-refractivity contribution >= 4 is 107 Å². The largest absolute Gasteiger partial charge is 0.488 e. The van der Waals surface area contributed by atoms with Gasteiger partial charge in [-0.05, 0) is 36.4 Å². The van der Waals surface area contributed by atoms with Gasteiger partial charge in [0.1, 0.15) is 36.0 Å². The first-order valence-corrected chi connectivity index (χ1v) is 22.0. The molecule has 0 unspecified atom stereocenters. The molecular formula is C40H32BBr3Cl2F2N6O10. The summed E-state index contributed by atoms with van der Waals surface area (Å²) in [5, 5.41) is 49.9. The maximum Gasteiger partial charge on any atom is 0.369 e. The van der Waals surface area contributed by atoms with E-state index >= 15 is 0 Å². The molecule has 4 aromatic carbocycles. The summed E-state index contributed by atoms with van der Waals surface area (Å²) >= 11 is 18.8. The third kappa shape index (κ3) is 13.1. The average Bonchev–Trinajstić information content (AvgIpc) is 4.10. The molecule has 0 spiro atoms. The lowest BCUT2D eigenvalue weighted by Crippen LogP contribution is -2.05. The number of carboxylic acids is 2. The number of ether oxygens (including phenoxy) is 3. The molecule has 0 amide bonds. The Morgan fingerprint density at radius 3 is 1.44 bits per heavy atom. The van der Waals surface area contributed by atoms with Gasteiger partial charge in [-0.2, -0.15) is 10.2 Å². The Hall–Kier alpha value is -5.36. The number of carbonyl (C=O) groups is 2. The Morgan fingerprint density at radius 2 is 1.08 bits per heavy atom. The van der Waals surface area contributed by atoms with E-state index in [1.807, 2.05) is 0 Å². The second-order valence-electron chi connectivity index (χ2n) is 12.5. The quantitative estimate of drug-likeness (QED) is 0.0411. The van der Waals surface area contributed by atoms with E-state index in [-0.39, 0.29) is 51.0 Å². The number of alkyl halides is 2. The van der Waals surface area contributed by atoms with Crippen LogP contribution in [0.15, 0.2) is 94.0 Å².